The van der Waals surface area contributed by atoms with Gasteiger partial charge in [0, 0.05) is 14.6 Å². The van der Waals surface area contributed by atoms with Crippen molar-refractivity contribution < 1.29 is 17.8 Å². The van der Waals surface area contributed by atoms with Crippen LogP contribution in [0.25, 0.3) is 0 Å². The van der Waals surface area contributed by atoms with Crippen LogP contribution in [0.2, 0.25) is 0 Å². The van der Waals surface area contributed by atoms with Crippen molar-refractivity contribution in [2.75, 3.05) is 6.61 Å². The summed E-state index contributed by atoms with van der Waals surface area (Å²) in [6.45, 7) is -3.96. The van der Waals surface area contributed by atoms with Crippen molar-refractivity contribution in [3.8, 4) is 0 Å². The maximum atomic E-state index is 11.1. The van der Waals surface area contributed by atoms with Crippen molar-refractivity contribution in [3.63, 3.8) is 0 Å². The van der Waals surface area contributed by atoms with Gasteiger partial charge in [-0.25, -0.2) is 0 Å². The van der Waals surface area contributed by atoms with Gasteiger partial charge in [-0.2, -0.15) is 0 Å². The zero-order chi connectivity index (χ0) is 14.2. The molecule has 0 bridgehead atoms. The van der Waals surface area contributed by atoms with Gasteiger partial charge in [0.1, 0.15) is 0 Å². The Morgan fingerprint density at radius 2 is 2.42 bits per heavy atom. The van der Waals surface area contributed by atoms with Crippen molar-refractivity contribution in [2.24, 2.45) is 0 Å². The zero-order valence-electron chi connectivity index (χ0n) is 13.0. The van der Waals surface area contributed by atoms with Gasteiger partial charge in [0.05, 0.1) is 6.61 Å². The van der Waals surface area contributed by atoms with Crippen molar-refractivity contribution in [1.82, 2.24) is 0 Å². The standard InChI is InChI=1S/C10H18O2/c1-3-5-6-7-9-12-10(11)8-4-2/h5-6H,3-4,7-9H2,1-2H3/b6-5+/i1D3,2D3. The molecule has 0 N–H and O–H groups in total. The van der Waals surface area contributed by atoms with E-state index in [1.165, 1.54) is 6.08 Å². The average Bonchev–Trinajstić information content (AvgIpc) is 2.17. The topological polar surface area (TPSA) is 26.3 Å². The number of rotatable bonds is 6. The Bertz CT molecular complexity index is 279. The first-order chi connectivity index (χ1) is 8.10. The molecule has 0 aromatic carbocycles. The predicted octanol–water partition coefficient (Wildman–Crippen LogP) is 2.69. The van der Waals surface area contributed by atoms with E-state index in [0.717, 1.165) is 0 Å². The number of esters is 1. The molecule has 0 rings (SSSR count). The molecule has 2 heteroatoms. The fourth-order valence-corrected chi connectivity index (χ4v) is 0.616. The summed E-state index contributed by atoms with van der Waals surface area (Å²) < 4.78 is 46.3. The molecule has 0 aliphatic rings. The van der Waals surface area contributed by atoms with E-state index in [-0.39, 0.29) is 25.9 Å². The van der Waals surface area contributed by atoms with Crippen LogP contribution in [0.15, 0.2) is 12.2 Å². The molecule has 0 aromatic heterocycles. The first-order valence-corrected chi connectivity index (χ1v) is 3.91. The normalized spacial score (nSPS) is 20.0. The largest absolute Gasteiger partial charge is 0.465 e. The van der Waals surface area contributed by atoms with E-state index in [1.807, 2.05) is 0 Å². The fraction of sp³-hybridized carbons (Fsp3) is 0.700. The summed E-state index contributed by atoms with van der Waals surface area (Å²) in [5, 5.41) is 0. The van der Waals surface area contributed by atoms with Crippen molar-refractivity contribution in [3.05, 3.63) is 12.2 Å². The molecule has 0 saturated carbocycles. The summed E-state index contributed by atoms with van der Waals surface area (Å²) >= 11 is 0. The van der Waals surface area contributed by atoms with Gasteiger partial charge in [0.2, 0.25) is 0 Å². The third-order valence-electron chi connectivity index (χ3n) is 1.16. The molecule has 0 amide bonds. The predicted molar refractivity (Wildman–Crippen MR) is 49.9 cm³/mol. The Labute approximate surface area is 83.0 Å². The summed E-state index contributed by atoms with van der Waals surface area (Å²) in [4.78, 5) is 11.1. The summed E-state index contributed by atoms with van der Waals surface area (Å²) in [5.41, 5.74) is 0. The number of allylic oxidation sites excluding steroid dienone is 1. The lowest BCUT2D eigenvalue weighted by Crippen LogP contribution is -2.04. The molecular weight excluding hydrogens is 152 g/mol. The molecule has 0 heterocycles. The Kier molecular flexibility index (Phi) is 3.08. The lowest BCUT2D eigenvalue weighted by molar-refractivity contribution is -0.143. The van der Waals surface area contributed by atoms with E-state index >= 15 is 0 Å². The maximum absolute atomic E-state index is 11.1. The van der Waals surface area contributed by atoms with Crippen molar-refractivity contribution in [1.29, 1.82) is 0 Å². The smallest absolute Gasteiger partial charge is 0.305 e. The zero-order valence-corrected chi connectivity index (χ0v) is 7.01. The van der Waals surface area contributed by atoms with E-state index in [1.54, 1.807) is 6.08 Å². The number of carbonyl (C=O) groups excluding carboxylic acids is 1. The van der Waals surface area contributed by atoms with Gasteiger partial charge in [0.25, 0.3) is 0 Å². The molecule has 0 aliphatic carbocycles. The van der Waals surface area contributed by atoms with Crippen LogP contribution in [0, 0.1) is 0 Å². The molecule has 0 spiro atoms. The van der Waals surface area contributed by atoms with Crippen molar-refractivity contribution >= 4 is 5.97 Å². The van der Waals surface area contributed by atoms with Gasteiger partial charge in [-0.15, -0.1) is 0 Å². The quantitative estimate of drug-likeness (QED) is 0.353. The highest BCUT2D eigenvalue weighted by molar-refractivity contribution is 5.69. The van der Waals surface area contributed by atoms with Gasteiger partial charge >= 0.3 is 5.97 Å². The summed E-state index contributed by atoms with van der Waals surface area (Å²) in [7, 11) is 0. The molecule has 0 fully saturated rings. The van der Waals surface area contributed by atoms with Crippen LogP contribution in [0.5, 0.6) is 0 Å². The van der Waals surface area contributed by atoms with Gasteiger partial charge in [-0.1, -0.05) is 25.9 Å². The average molecular weight is 176 g/mol. The van der Waals surface area contributed by atoms with Crippen LogP contribution >= 0.6 is 0 Å². The van der Waals surface area contributed by atoms with E-state index in [4.69, 9.17) is 13.0 Å². The second kappa shape index (κ2) is 8.31. The first kappa shape index (κ1) is 4.45. The maximum Gasteiger partial charge on any atom is 0.305 e. The van der Waals surface area contributed by atoms with Crippen LogP contribution in [0.3, 0.4) is 0 Å². The molecule has 0 radical (unpaired) electrons. The lowest BCUT2D eigenvalue weighted by Gasteiger charge is -2.00. The Hall–Kier alpha value is -0.790. The molecule has 12 heavy (non-hydrogen) atoms. The second-order valence-electron chi connectivity index (χ2n) is 2.18. The number of hydrogen-bond acceptors (Lipinski definition) is 2. The van der Waals surface area contributed by atoms with E-state index in [2.05, 4.69) is 0 Å². The van der Waals surface area contributed by atoms with Crippen LogP contribution < -0.4 is 0 Å². The van der Waals surface area contributed by atoms with Crippen LogP contribution in [-0.4, -0.2) is 12.6 Å². The molecule has 0 aromatic rings. The SMILES string of the molecule is [2H]C([2H])([2H])C/C=C/CCOC(=O)CCC([2H])([2H])[2H]. The highest BCUT2D eigenvalue weighted by Gasteiger charge is 1.97. The van der Waals surface area contributed by atoms with Gasteiger partial charge in [-0.3, -0.25) is 4.79 Å². The minimum Gasteiger partial charge on any atom is -0.465 e. The molecule has 70 valence electrons. The number of carbonyl (C=O) groups is 1. The van der Waals surface area contributed by atoms with Crippen LogP contribution in [0.1, 0.15) is 47.6 Å². The molecule has 0 saturated heterocycles. The Morgan fingerprint density at radius 1 is 1.50 bits per heavy atom. The third kappa shape index (κ3) is 7.32. The number of ether oxygens (including phenoxy) is 1. The summed E-state index contributed by atoms with van der Waals surface area (Å²) in [6, 6.07) is 0. The summed E-state index contributed by atoms with van der Waals surface area (Å²) in [6.07, 6.45) is 3.23. The monoisotopic (exact) mass is 176 g/mol. The molecular formula is C10H18O2. The van der Waals surface area contributed by atoms with Crippen LogP contribution in [-0.2, 0) is 9.53 Å². The molecule has 0 atom stereocenters. The minimum atomic E-state index is -2.11. The van der Waals surface area contributed by atoms with Gasteiger partial charge in [-0.05, 0) is 19.3 Å². The summed E-state index contributed by atoms with van der Waals surface area (Å²) in [5.74, 6) is -0.546. The molecule has 2 nitrogen and oxygen atoms in total. The van der Waals surface area contributed by atoms with E-state index in [9.17, 15) is 4.79 Å². The Balaban J connectivity index is 3.58. The Morgan fingerprint density at radius 3 is 3.17 bits per heavy atom. The van der Waals surface area contributed by atoms with Gasteiger partial charge in [0.15, 0.2) is 0 Å². The highest BCUT2D eigenvalue weighted by atomic mass is 16.5. The number of hydrogen-bond donors (Lipinski definition) is 0. The van der Waals surface area contributed by atoms with Crippen molar-refractivity contribution in [2.45, 2.75) is 39.4 Å². The third-order valence-corrected chi connectivity index (χ3v) is 1.16. The first-order valence-electron chi connectivity index (χ1n) is 6.91. The lowest BCUT2D eigenvalue weighted by atomic mass is 10.3. The highest BCUT2D eigenvalue weighted by Crippen LogP contribution is 1.93. The minimum absolute atomic E-state index is 0.0139. The second-order valence-corrected chi connectivity index (χ2v) is 2.18. The van der Waals surface area contributed by atoms with E-state index < -0.39 is 19.7 Å². The molecule has 0 aliphatic heterocycles. The van der Waals surface area contributed by atoms with Crippen LogP contribution in [0.4, 0.5) is 0 Å². The fourth-order valence-electron chi connectivity index (χ4n) is 0.616. The van der Waals surface area contributed by atoms with E-state index in [0.29, 0.717) is 6.42 Å². The van der Waals surface area contributed by atoms with Gasteiger partial charge < -0.3 is 4.74 Å². The molecule has 0 unspecified atom stereocenters.